The molecule has 0 saturated heterocycles. The van der Waals surface area contributed by atoms with E-state index in [0.717, 1.165) is 12.8 Å². The molecule has 0 amide bonds. The van der Waals surface area contributed by atoms with E-state index in [4.69, 9.17) is 10.6 Å². The van der Waals surface area contributed by atoms with Gasteiger partial charge < -0.3 is 4.74 Å². The summed E-state index contributed by atoms with van der Waals surface area (Å²) in [5, 5.41) is 0. The van der Waals surface area contributed by atoms with Gasteiger partial charge in [-0.1, -0.05) is 13.8 Å². The van der Waals surface area contributed by atoms with Crippen LogP contribution in [-0.4, -0.2) is 12.9 Å². The Bertz CT molecular complexity index is 55.0. The van der Waals surface area contributed by atoms with E-state index >= 15 is 0 Å². The van der Waals surface area contributed by atoms with Gasteiger partial charge >= 0.3 is 0 Å². The van der Waals surface area contributed by atoms with Crippen molar-refractivity contribution >= 4 is 0 Å². The molecule has 0 atom stereocenters. The molecule has 0 spiro atoms. The highest BCUT2D eigenvalue weighted by Crippen LogP contribution is 2.00. The van der Waals surface area contributed by atoms with Crippen LogP contribution in [0.3, 0.4) is 0 Å². The highest BCUT2D eigenvalue weighted by molar-refractivity contribution is 4.48. The standard InChI is InChI=1S/C6H15NO2/c1-3-6(4-2)8-5-9-7/h6H,3-5,7H2,1-2H3. The summed E-state index contributed by atoms with van der Waals surface area (Å²) in [7, 11) is 0. The van der Waals surface area contributed by atoms with Crippen LogP contribution >= 0.6 is 0 Å². The van der Waals surface area contributed by atoms with Gasteiger partial charge in [0.15, 0.2) is 6.79 Å². The number of ether oxygens (including phenoxy) is 1. The largest absolute Gasteiger partial charge is 0.350 e. The molecule has 0 unspecified atom stereocenters. The molecule has 0 aliphatic rings. The Morgan fingerprint density at radius 2 is 1.89 bits per heavy atom. The number of hydrogen-bond acceptors (Lipinski definition) is 3. The Morgan fingerprint density at radius 1 is 1.33 bits per heavy atom. The average Bonchev–Trinajstić information content (AvgIpc) is 1.91. The van der Waals surface area contributed by atoms with Gasteiger partial charge in [-0.3, -0.25) is 4.84 Å². The van der Waals surface area contributed by atoms with Gasteiger partial charge in [0.05, 0.1) is 6.10 Å². The second kappa shape index (κ2) is 6.01. The molecule has 0 aliphatic heterocycles. The highest BCUT2D eigenvalue weighted by atomic mass is 16.7. The lowest BCUT2D eigenvalue weighted by molar-refractivity contribution is -0.0927. The second-order valence-electron chi connectivity index (χ2n) is 1.89. The predicted molar refractivity (Wildman–Crippen MR) is 35.6 cm³/mol. The Balaban J connectivity index is 3.09. The van der Waals surface area contributed by atoms with E-state index in [1.165, 1.54) is 0 Å². The topological polar surface area (TPSA) is 44.5 Å². The minimum Gasteiger partial charge on any atom is -0.350 e. The lowest BCUT2D eigenvalue weighted by Gasteiger charge is -2.11. The number of hydrogen-bond donors (Lipinski definition) is 1. The van der Waals surface area contributed by atoms with Crippen molar-refractivity contribution in [3.8, 4) is 0 Å². The second-order valence-corrected chi connectivity index (χ2v) is 1.89. The molecular weight excluding hydrogens is 118 g/mol. The summed E-state index contributed by atoms with van der Waals surface area (Å²) in [6.07, 6.45) is 2.33. The summed E-state index contributed by atoms with van der Waals surface area (Å²) in [6, 6.07) is 0. The molecule has 9 heavy (non-hydrogen) atoms. The van der Waals surface area contributed by atoms with Crippen molar-refractivity contribution < 1.29 is 9.57 Å². The first-order valence-electron chi connectivity index (χ1n) is 3.28. The molecule has 0 heterocycles. The fraction of sp³-hybridized carbons (Fsp3) is 1.00. The predicted octanol–water partition coefficient (Wildman–Crippen LogP) is 1.04. The maximum atomic E-state index is 5.14. The van der Waals surface area contributed by atoms with Crippen LogP contribution in [0.15, 0.2) is 0 Å². The summed E-state index contributed by atoms with van der Waals surface area (Å²) in [4.78, 5) is 4.25. The van der Waals surface area contributed by atoms with E-state index in [1.54, 1.807) is 0 Å². The summed E-state index contributed by atoms with van der Waals surface area (Å²) in [5.41, 5.74) is 0. The zero-order valence-corrected chi connectivity index (χ0v) is 6.09. The van der Waals surface area contributed by atoms with Crippen LogP contribution in [0.2, 0.25) is 0 Å². The van der Waals surface area contributed by atoms with Gasteiger partial charge in [0.25, 0.3) is 0 Å². The van der Waals surface area contributed by atoms with Crippen LogP contribution in [-0.2, 0) is 9.57 Å². The van der Waals surface area contributed by atoms with Crippen molar-refractivity contribution in [3.05, 3.63) is 0 Å². The molecule has 0 saturated carbocycles. The van der Waals surface area contributed by atoms with Gasteiger partial charge in [-0.15, -0.1) is 0 Å². The molecule has 0 aromatic carbocycles. The van der Waals surface area contributed by atoms with Gasteiger partial charge in [0, 0.05) is 0 Å². The van der Waals surface area contributed by atoms with Crippen molar-refractivity contribution in [2.45, 2.75) is 32.8 Å². The van der Waals surface area contributed by atoms with Gasteiger partial charge in [-0.05, 0) is 12.8 Å². The third-order valence-corrected chi connectivity index (χ3v) is 1.28. The van der Waals surface area contributed by atoms with Crippen LogP contribution in [0.4, 0.5) is 0 Å². The lowest BCUT2D eigenvalue weighted by atomic mass is 10.2. The first-order chi connectivity index (χ1) is 4.35. The molecule has 0 aromatic rings. The monoisotopic (exact) mass is 133 g/mol. The zero-order chi connectivity index (χ0) is 7.11. The summed E-state index contributed by atoms with van der Waals surface area (Å²) in [5.74, 6) is 4.76. The lowest BCUT2D eigenvalue weighted by Crippen LogP contribution is -2.14. The molecule has 3 heteroatoms. The molecule has 0 aliphatic carbocycles. The van der Waals surface area contributed by atoms with Crippen LogP contribution in [0.1, 0.15) is 26.7 Å². The fourth-order valence-corrected chi connectivity index (χ4v) is 0.660. The SMILES string of the molecule is CCC(CC)OCON. The maximum absolute atomic E-state index is 5.14. The fourth-order valence-electron chi connectivity index (χ4n) is 0.660. The highest BCUT2D eigenvalue weighted by Gasteiger charge is 2.00. The van der Waals surface area contributed by atoms with E-state index in [-0.39, 0.29) is 6.79 Å². The van der Waals surface area contributed by atoms with Gasteiger partial charge in [-0.2, -0.15) is 0 Å². The molecule has 0 aromatic heterocycles. The first-order valence-corrected chi connectivity index (χ1v) is 3.28. The molecule has 2 N–H and O–H groups in total. The van der Waals surface area contributed by atoms with Crippen molar-refractivity contribution in [1.29, 1.82) is 0 Å². The Morgan fingerprint density at radius 3 is 2.22 bits per heavy atom. The van der Waals surface area contributed by atoms with Gasteiger partial charge in [0.2, 0.25) is 0 Å². The van der Waals surface area contributed by atoms with E-state index in [1.807, 2.05) is 0 Å². The van der Waals surface area contributed by atoms with Crippen molar-refractivity contribution in [1.82, 2.24) is 0 Å². The van der Waals surface area contributed by atoms with Crippen molar-refractivity contribution in [2.75, 3.05) is 6.79 Å². The molecule has 0 fully saturated rings. The van der Waals surface area contributed by atoms with E-state index in [0.29, 0.717) is 6.10 Å². The van der Waals surface area contributed by atoms with Crippen molar-refractivity contribution in [2.24, 2.45) is 5.90 Å². The molecular formula is C6H15NO2. The molecule has 0 radical (unpaired) electrons. The minimum atomic E-state index is 0.201. The summed E-state index contributed by atoms with van der Waals surface area (Å²) >= 11 is 0. The Labute approximate surface area is 56.1 Å². The maximum Gasteiger partial charge on any atom is 0.166 e. The first kappa shape index (κ1) is 8.88. The molecule has 3 nitrogen and oxygen atoms in total. The van der Waals surface area contributed by atoms with E-state index in [9.17, 15) is 0 Å². The zero-order valence-electron chi connectivity index (χ0n) is 6.09. The van der Waals surface area contributed by atoms with Crippen LogP contribution in [0.5, 0.6) is 0 Å². The quantitative estimate of drug-likeness (QED) is 0.450. The Hall–Kier alpha value is -0.120. The molecule has 0 bridgehead atoms. The Kier molecular flexibility index (Phi) is 5.93. The molecule has 0 rings (SSSR count). The summed E-state index contributed by atoms with van der Waals surface area (Å²) in [6.45, 7) is 4.35. The summed E-state index contributed by atoms with van der Waals surface area (Å²) < 4.78 is 5.14. The number of nitrogens with two attached hydrogens (primary N) is 1. The molecule has 56 valence electrons. The van der Waals surface area contributed by atoms with Crippen LogP contribution in [0, 0.1) is 0 Å². The van der Waals surface area contributed by atoms with Crippen molar-refractivity contribution in [3.63, 3.8) is 0 Å². The third-order valence-electron chi connectivity index (χ3n) is 1.28. The van der Waals surface area contributed by atoms with Gasteiger partial charge in [0.1, 0.15) is 0 Å². The van der Waals surface area contributed by atoms with Gasteiger partial charge in [-0.25, -0.2) is 5.90 Å². The van der Waals surface area contributed by atoms with Crippen LogP contribution < -0.4 is 5.90 Å². The smallest absolute Gasteiger partial charge is 0.166 e. The average molecular weight is 133 g/mol. The third kappa shape index (κ3) is 4.39. The van der Waals surface area contributed by atoms with E-state index < -0.39 is 0 Å². The van der Waals surface area contributed by atoms with E-state index in [2.05, 4.69) is 18.7 Å². The number of rotatable bonds is 5. The minimum absolute atomic E-state index is 0.201. The van der Waals surface area contributed by atoms with Crippen LogP contribution in [0.25, 0.3) is 0 Å². The normalized spacial score (nSPS) is 10.7.